The Morgan fingerprint density at radius 2 is 1.84 bits per heavy atom. The van der Waals surface area contributed by atoms with Gasteiger partial charge in [-0.2, -0.15) is 0 Å². The third-order valence-electron chi connectivity index (χ3n) is 7.26. The van der Waals surface area contributed by atoms with Crippen molar-refractivity contribution in [1.29, 1.82) is 0 Å². The fraction of sp³-hybridized carbons (Fsp3) is 0.952. The molecule has 0 aromatic rings. The lowest BCUT2D eigenvalue weighted by molar-refractivity contribution is -0.123. The Bertz CT molecular complexity index is 491. The maximum Gasteiger partial charge on any atom is 0.220 e. The van der Waals surface area contributed by atoms with E-state index < -0.39 is 5.60 Å². The molecule has 2 aliphatic heterocycles. The van der Waals surface area contributed by atoms with E-state index in [1.807, 2.05) is 0 Å². The van der Waals surface area contributed by atoms with Crippen LogP contribution >= 0.6 is 0 Å². The molecule has 25 heavy (non-hydrogen) atoms. The summed E-state index contributed by atoms with van der Waals surface area (Å²) in [6.45, 7) is 11.0. The minimum absolute atomic E-state index is 0.120. The summed E-state index contributed by atoms with van der Waals surface area (Å²) in [7, 11) is 0. The highest BCUT2D eigenvalue weighted by atomic mass is 16.3. The number of rotatable bonds is 2. The van der Waals surface area contributed by atoms with Crippen molar-refractivity contribution in [1.82, 2.24) is 10.2 Å². The second-order valence-electron chi connectivity index (χ2n) is 10.3. The zero-order valence-electron chi connectivity index (χ0n) is 16.7. The highest BCUT2D eigenvalue weighted by molar-refractivity contribution is 5.77. The third kappa shape index (κ3) is 4.21. The van der Waals surface area contributed by atoms with Gasteiger partial charge in [0.05, 0.1) is 11.1 Å². The van der Waals surface area contributed by atoms with Crippen LogP contribution in [0.4, 0.5) is 0 Å². The molecule has 0 aromatic heterocycles. The molecule has 0 unspecified atom stereocenters. The van der Waals surface area contributed by atoms with Crippen molar-refractivity contribution in [3.05, 3.63) is 0 Å². The van der Waals surface area contributed by atoms with E-state index in [-0.39, 0.29) is 11.4 Å². The number of β-amino-alcohol motifs (C(OH)–C–C–N with tert-alkyl or cyclic N) is 1. The molecule has 2 atom stereocenters. The first-order valence-corrected chi connectivity index (χ1v) is 10.4. The molecule has 0 bridgehead atoms. The first-order valence-electron chi connectivity index (χ1n) is 10.4. The second kappa shape index (κ2) is 6.84. The first-order chi connectivity index (χ1) is 11.6. The maximum absolute atomic E-state index is 12.1. The van der Waals surface area contributed by atoms with Gasteiger partial charge in [0.2, 0.25) is 5.91 Å². The van der Waals surface area contributed by atoms with Gasteiger partial charge in [0.15, 0.2) is 0 Å². The van der Waals surface area contributed by atoms with E-state index in [0.717, 1.165) is 70.4 Å². The highest BCUT2D eigenvalue weighted by Gasteiger charge is 2.46. The minimum Gasteiger partial charge on any atom is -0.389 e. The van der Waals surface area contributed by atoms with Crippen LogP contribution in [0.1, 0.15) is 85.5 Å². The van der Waals surface area contributed by atoms with Crippen LogP contribution in [0, 0.1) is 11.3 Å². The number of carbonyl (C=O) groups is 1. The van der Waals surface area contributed by atoms with Crippen LogP contribution in [0.3, 0.4) is 0 Å². The Balaban J connectivity index is 1.66. The van der Waals surface area contributed by atoms with Gasteiger partial charge in [-0.3, -0.25) is 9.69 Å². The fourth-order valence-electron chi connectivity index (χ4n) is 5.61. The second-order valence-corrected chi connectivity index (χ2v) is 10.3. The molecular weight excluding hydrogens is 312 g/mol. The van der Waals surface area contributed by atoms with Crippen LogP contribution in [-0.2, 0) is 4.79 Å². The van der Waals surface area contributed by atoms with Crippen molar-refractivity contribution in [2.24, 2.45) is 11.3 Å². The summed E-state index contributed by atoms with van der Waals surface area (Å²) in [5, 5.41) is 14.6. The van der Waals surface area contributed by atoms with Crippen molar-refractivity contribution in [2.75, 3.05) is 13.1 Å². The predicted molar refractivity (Wildman–Crippen MR) is 101 cm³/mol. The normalized spacial score (nSPS) is 40.9. The molecule has 2 saturated heterocycles. The van der Waals surface area contributed by atoms with E-state index in [1.165, 1.54) is 0 Å². The number of aliphatic hydroxyl groups is 1. The monoisotopic (exact) mass is 350 g/mol. The van der Waals surface area contributed by atoms with Crippen LogP contribution in [0.25, 0.3) is 0 Å². The van der Waals surface area contributed by atoms with E-state index in [0.29, 0.717) is 17.9 Å². The Morgan fingerprint density at radius 1 is 1.16 bits per heavy atom. The van der Waals surface area contributed by atoms with Crippen molar-refractivity contribution >= 4 is 5.91 Å². The van der Waals surface area contributed by atoms with Crippen LogP contribution in [0.15, 0.2) is 0 Å². The van der Waals surface area contributed by atoms with Crippen LogP contribution < -0.4 is 5.32 Å². The van der Waals surface area contributed by atoms with Crippen molar-refractivity contribution in [3.8, 4) is 0 Å². The molecule has 3 rings (SSSR count). The van der Waals surface area contributed by atoms with Crippen molar-refractivity contribution in [3.63, 3.8) is 0 Å². The van der Waals surface area contributed by atoms with Crippen LogP contribution in [-0.4, -0.2) is 46.2 Å². The van der Waals surface area contributed by atoms with E-state index in [4.69, 9.17) is 0 Å². The van der Waals surface area contributed by atoms with Gasteiger partial charge in [0.1, 0.15) is 0 Å². The summed E-state index contributed by atoms with van der Waals surface area (Å²) in [5.74, 6) is 0.924. The molecule has 3 fully saturated rings. The maximum atomic E-state index is 12.1. The van der Waals surface area contributed by atoms with Crippen LogP contribution in [0.5, 0.6) is 0 Å². The summed E-state index contributed by atoms with van der Waals surface area (Å²) in [6.07, 6.45) is 8.94. The molecule has 4 nitrogen and oxygen atoms in total. The van der Waals surface area contributed by atoms with Gasteiger partial charge < -0.3 is 10.4 Å². The zero-order chi connectivity index (χ0) is 18.3. The lowest BCUT2D eigenvalue weighted by Gasteiger charge is -2.51. The van der Waals surface area contributed by atoms with Crippen LogP contribution in [0.2, 0.25) is 0 Å². The van der Waals surface area contributed by atoms with Gasteiger partial charge in [-0.15, -0.1) is 0 Å². The Hall–Kier alpha value is -0.610. The summed E-state index contributed by atoms with van der Waals surface area (Å²) in [6, 6.07) is 0.372. The van der Waals surface area contributed by atoms with E-state index in [2.05, 4.69) is 37.9 Å². The molecule has 0 aromatic carbocycles. The Kier molecular flexibility index (Phi) is 5.25. The third-order valence-corrected chi connectivity index (χ3v) is 7.26. The van der Waals surface area contributed by atoms with Crippen molar-refractivity contribution in [2.45, 2.75) is 103 Å². The zero-order valence-corrected chi connectivity index (χ0v) is 16.7. The van der Waals surface area contributed by atoms with E-state index in [1.54, 1.807) is 0 Å². The van der Waals surface area contributed by atoms with Crippen molar-refractivity contribution < 1.29 is 9.90 Å². The molecule has 2 heterocycles. The number of hydrogen-bond acceptors (Lipinski definition) is 3. The Labute approximate surface area is 153 Å². The minimum atomic E-state index is -0.545. The van der Waals surface area contributed by atoms with Gasteiger partial charge in [-0.05, 0) is 76.2 Å². The largest absolute Gasteiger partial charge is 0.389 e. The summed E-state index contributed by atoms with van der Waals surface area (Å²) in [4.78, 5) is 14.6. The molecule has 3 aliphatic rings. The highest BCUT2D eigenvalue weighted by Crippen LogP contribution is 2.43. The molecule has 1 aliphatic carbocycles. The number of nitrogens with zero attached hydrogens (tertiary/aromatic N) is 1. The molecule has 1 saturated carbocycles. The summed E-state index contributed by atoms with van der Waals surface area (Å²) < 4.78 is 0. The molecular formula is C21H38N2O2. The number of hydrogen-bond donors (Lipinski definition) is 2. The van der Waals surface area contributed by atoms with Gasteiger partial charge in [0.25, 0.3) is 0 Å². The van der Waals surface area contributed by atoms with Gasteiger partial charge in [0, 0.05) is 19.0 Å². The molecule has 0 spiro atoms. The number of nitrogens with one attached hydrogen (secondary N) is 1. The standard InChI is InChI=1S/C21H38N2O2/c1-19(2,3)16-9-12-21(25,13-10-16)15-23-14-6-11-20(4)17(23)7-5-8-18(24)22-20/h16-17,25H,5-15H2,1-4H3,(H,22,24)/t16?,17-,20-,21?/m0/s1. The fourth-order valence-corrected chi connectivity index (χ4v) is 5.61. The SMILES string of the molecule is CC(C)(C)C1CCC(O)(CN2CCC[C@]3(C)NC(=O)CCC[C@H]23)CC1. The smallest absolute Gasteiger partial charge is 0.220 e. The predicted octanol–water partition coefficient (Wildman–Crippen LogP) is 3.48. The number of carbonyl (C=O) groups excluding carboxylic acids is 1. The summed E-state index contributed by atoms with van der Waals surface area (Å²) >= 11 is 0. The quantitative estimate of drug-likeness (QED) is 0.802. The average Bonchev–Trinajstić information content (AvgIpc) is 2.64. The first kappa shape index (κ1) is 19.2. The molecule has 1 amide bonds. The van der Waals surface area contributed by atoms with E-state index in [9.17, 15) is 9.90 Å². The lowest BCUT2D eigenvalue weighted by Crippen LogP contribution is -2.64. The van der Waals surface area contributed by atoms with E-state index >= 15 is 0 Å². The summed E-state index contributed by atoms with van der Waals surface area (Å²) in [5.41, 5.74) is -0.322. The number of piperidine rings is 1. The average molecular weight is 351 g/mol. The molecule has 0 radical (unpaired) electrons. The topological polar surface area (TPSA) is 52.6 Å². The van der Waals surface area contributed by atoms with Gasteiger partial charge in [-0.1, -0.05) is 20.8 Å². The number of likely N-dealkylation sites (tertiary alicyclic amines) is 1. The number of fused-ring (bicyclic) bond motifs is 1. The molecule has 2 N–H and O–H groups in total. The number of amides is 1. The lowest BCUT2D eigenvalue weighted by atomic mass is 9.68. The molecule has 4 heteroatoms. The van der Waals surface area contributed by atoms with Gasteiger partial charge >= 0.3 is 0 Å². The Morgan fingerprint density at radius 3 is 2.48 bits per heavy atom. The van der Waals surface area contributed by atoms with Gasteiger partial charge in [-0.25, -0.2) is 0 Å². The molecule has 144 valence electrons.